The zero-order chi connectivity index (χ0) is 14.8. The third-order valence-electron chi connectivity index (χ3n) is 2.84. The second kappa shape index (κ2) is 5.27. The number of nitrogens with zero attached hydrogens (tertiary/aromatic N) is 2. The predicted molar refractivity (Wildman–Crippen MR) is 50.6 cm³/mol. The van der Waals surface area contributed by atoms with Gasteiger partial charge in [-0.3, -0.25) is 4.79 Å². The van der Waals surface area contributed by atoms with E-state index in [1.165, 1.54) is 0 Å². The van der Waals surface area contributed by atoms with Crippen molar-refractivity contribution in [2.45, 2.75) is 37.7 Å². The first-order valence-corrected chi connectivity index (χ1v) is 5.42. The van der Waals surface area contributed by atoms with Gasteiger partial charge in [0.05, 0.1) is 6.07 Å². The number of carbonyl (C=O) groups excluding carboxylic acids is 1. The Labute approximate surface area is 104 Å². The summed E-state index contributed by atoms with van der Waals surface area (Å²) in [4.78, 5) is 11.9. The summed E-state index contributed by atoms with van der Waals surface area (Å²) >= 11 is 0. The number of likely N-dealkylation sites (tertiary alicyclic amines) is 1. The number of amides is 1. The molecule has 1 heterocycles. The van der Waals surface area contributed by atoms with Crippen LogP contribution in [0.2, 0.25) is 0 Å². The van der Waals surface area contributed by atoms with Crippen molar-refractivity contribution in [3.05, 3.63) is 0 Å². The van der Waals surface area contributed by atoms with Crippen molar-refractivity contribution in [1.82, 2.24) is 4.90 Å². The van der Waals surface area contributed by atoms with Gasteiger partial charge in [-0.1, -0.05) is 0 Å². The Hall–Kier alpha value is -1.46. The van der Waals surface area contributed by atoms with Crippen LogP contribution in [0.5, 0.6) is 0 Å². The molecule has 1 rings (SSSR count). The van der Waals surface area contributed by atoms with Crippen molar-refractivity contribution in [3.63, 3.8) is 0 Å². The minimum absolute atomic E-state index is 0.0880. The minimum Gasteiger partial charge on any atom is -0.326 e. The van der Waals surface area contributed by atoms with Crippen LogP contribution in [0.3, 0.4) is 0 Å². The van der Waals surface area contributed by atoms with Gasteiger partial charge in [-0.2, -0.15) is 31.6 Å². The van der Waals surface area contributed by atoms with Gasteiger partial charge in [0.2, 0.25) is 11.8 Å². The molecule has 0 aromatic carbocycles. The standard InChI is InChI=1S/C10H10F6N2O/c11-9(12,13)7(10(14,15)16)8(19)18-4-2-1-3-6(18)5-17/h6-7H,1-4H2. The molecule has 0 aromatic rings. The first kappa shape index (κ1) is 15.6. The first-order chi connectivity index (χ1) is 8.59. The average Bonchev–Trinajstić information content (AvgIpc) is 2.24. The maximum Gasteiger partial charge on any atom is 0.409 e. The van der Waals surface area contributed by atoms with Crippen LogP contribution in [0.1, 0.15) is 19.3 Å². The summed E-state index contributed by atoms with van der Waals surface area (Å²) in [5, 5.41) is 8.69. The molecule has 0 bridgehead atoms. The fraction of sp³-hybridized carbons (Fsp3) is 0.800. The molecule has 1 fully saturated rings. The molecule has 1 saturated heterocycles. The van der Waals surface area contributed by atoms with E-state index in [1.54, 1.807) is 6.07 Å². The molecule has 0 radical (unpaired) electrons. The molecule has 0 aromatic heterocycles. The Morgan fingerprint density at radius 3 is 2.11 bits per heavy atom. The molecule has 1 atom stereocenters. The number of alkyl halides is 6. The van der Waals surface area contributed by atoms with E-state index in [-0.39, 0.29) is 19.4 Å². The fourth-order valence-corrected chi connectivity index (χ4v) is 1.96. The van der Waals surface area contributed by atoms with E-state index in [2.05, 4.69) is 0 Å². The van der Waals surface area contributed by atoms with Gasteiger partial charge in [0.1, 0.15) is 6.04 Å². The smallest absolute Gasteiger partial charge is 0.326 e. The molecule has 0 spiro atoms. The maximum atomic E-state index is 12.4. The number of halogens is 6. The largest absolute Gasteiger partial charge is 0.409 e. The van der Waals surface area contributed by atoms with E-state index >= 15 is 0 Å². The minimum atomic E-state index is -5.72. The molecule has 1 unspecified atom stereocenters. The number of carbonyl (C=O) groups is 1. The van der Waals surface area contributed by atoms with Crippen LogP contribution in [0.4, 0.5) is 26.3 Å². The van der Waals surface area contributed by atoms with Gasteiger partial charge in [0, 0.05) is 6.54 Å². The van der Waals surface area contributed by atoms with E-state index in [4.69, 9.17) is 5.26 Å². The summed E-state index contributed by atoms with van der Waals surface area (Å²) in [5.41, 5.74) is 0. The summed E-state index contributed by atoms with van der Waals surface area (Å²) in [6, 6.07) is 0.335. The molecule has 1 aliphatic rings. The maximum absolute atomic E-state index is 12.4. The molecular formula is C10H10F6N2O. The fourth-order valence-electron chi connectivity index (χ4n) is 1.96. The van der Waals surface area contributed by atoms with Gasteiger partial charge in [0.25, 0.3) is 0 Å². The number of nitriles is 1. The Morgan fingerprint density at radius 1 is 1.16 bits per heavy atom. The molecule has 0 aliphatic carbocycles. The highest BCUT2D eigenvalue weighted by atomic mass is 19.4. The molecule has 0 N–H and O–H groups in total. The van der Waals surface area contributed by atoms with Crippen LogP contribution in [0, 0.1) is 17.2 Å². The van der Waals surface area contributed by atoms with Crippen LogP contribution in [-0.4, -0.2) is 35.7 Å². The van der Waals surface area contributed by atoms with Crippen LogP contribution >= 0.6 is 0 Å². The van der Waals surface area contributed by atoms with Gasteiger partial charge >= 0.3 is 12.4 Å². The van der Waals surface area contributed by atoms with Gasteiger partial charge < -0.3 is 4.90 Å². The summed E-state index contributed by atoms with van der Waals surface area (Å²) in [5.74, 6) is -6.15. The second-order valence-electron chi connectivity index (χ2n) is 4.19. The zero-order valence-electron chi connectivity index (χ0n) is 9.55. The molecule has 108 valence electrons. The van der Waals surface area contributed by atoms with Gasteiger partial charge in [-0.05, 0) is 19.3 Å². The monoisotopic (exact) mass is 288 g/mol. The summed E-state index contributed by atoms with van der Waals surface area (Å²) in [7, 11) is 0. The number of hydrogen-bond donors (Lipinski definition) is 0. The molecule has 1 aliphatic heterocycles. The lowest BCUT2D eigenvalue weighted by molar-refractivity contribution is -0.278. The first-order valence-electron chi connectivity index (χ1n) is 5.42. The van der Waals surface area contributed by atoms with E-state index in [9.17, 15) is 31.1 Å². The SMILES string of the molecule is N#CC1CCCCN1C(=O)C(C(F)(F)F)C(F)(F)F. The Morgan fingerprint density at radius 2 is 1.68 bits per heavy atom. The average molecular weight is 288 g/mol. The van der Waals surface area contributed by atoms with Gasteiger partial charge in [-0.25, -0.2) is 0 Å². The van der Waals surface area contributed by atoms with E-state index in [0.717, 1.165) is 0 Å². The molecule has 3 nitrogen and oxygen atoms in total. The molecule has 19 heavy (non-hydrogen) atoms. The highest BCUT2D eigenvalue weighted by Gasteiger charge is 2.62. The van der Waals surface area contributed by atoms with Crippen LogP contribution in [-0.2, 0) is 4.79 Å². The predicted octanol–water partition coefficient (Wildman–Crippen LogP) is 2.63. The molecule has 0 saturated carbocycles. The van der Waals surface area contributed by atoms with E-state index < -0.39 is 30.2 Å². The van der Waals surface area contributed by atoms with Crippen LogP contribution < -0.4 is 0 Å². The van der Waals surface area contributed by atoms with Crippen LogP contribution in [0.15, 0.2) is 0 Å². The lowest BCUT2D eigenvalue weighted by Gasteiger charge is -2.35. The lowest BCUT2D eigenvalue weighted by atomic mass is 9.99. The summed E-state index contributed by atoms with van der Waals surface area (Å²) in [6.07, 6.45) is -10.6. The summed E-state index contributed by atoms with van der Waals surface area (Å²) < 4.78 is 74.4. The molecular weight excluding hydrogens is 278 g/mol. The van der Waals surface area contributed by atoms with E-state index in [0.29, 0.717) is 11.3 Å². The topological polar surface area (TPSA) is 44.1 Å². The third-order valence-corrected chi connectivity index (χ3v) is 2.84. The highest BCUT2D eigenvalue weighted by Crippen LogP contribution is 2.41. The van der Waals surface area contributed by atoms with Crippen molar-refractivity contribution in [3.8, 4) is 6.07 Å². The molecule has 9 heteroatoms. The normalized spacial score (nSPS) is 21.4. The quantitative estimate of drug-likeness (QED) is 0.696. The second-order valence-corrected chi connectivity index (χ2v) is 4.19. The number of hydrogen-bond acceptors (Lipinski definition) is 2. The Kier molecular flexibility index (Phi) is 4.32. The molecule has 1 amide bonds. The zero-order valence-corrected chi connectivity index (χ0v) is 9.55. The highest BCUT2D eigenvalue weighted by molar-refractivity contribution is 5.81. The van der Waals surface area contributed by atoms with Crippen molar-refractivity contribution in [2.75, 3.05) is 6.54 Å². The van der Waals surface area contributed by atoms with Crippen molar-refractivity contribution in [2.24, 2.45) is 5.92 Å². The Balaban J connectivity index is 3.03. The summed E-state index contributed by atoms with van der Waals surface area (Å²) in [6.45, 7) is -0.264. The van der Waals surface area contributed by atoms with Crippen molar-refractivity contribution < 1.29 is 31.1 Å². The van der Waals surface area contributed by atoms with E-state index in [1.807, 2.05) is 0 Å². The lowest BCUT2D eigenvalue weighted by Crippen LogP contribution is -2.53. The number of rotatable bonds is 1. The van der Waals surface area contributed by atoms with Crippen LogP contribution in [0.25, 0.3) is 0 Å². The third kappa shape index (κ3) is 3.52. The van der Waals surface area contributed by atoms with Crippen molar-refractivity contribution in [1.29, 1.82) is 5.26 Å². The van der Waals surface area contributed by atoms with Gasteiger partial charge in [-0.15, -0.1) is 0 Å². The Bertz CT molecular complexity index is 369. The van der Waals surface area contributed by atoms with Gasteiger partial charge in [0.15, 0.2) is 0 Å². The number of piperidine rings is 1. The van der Waals surface area contributed by atoms with Crippen molar-refractivity contribution >= 4 is 5.91 Å².